The number of ether oxygens (including phenoxy) is 1. The van der Waals surface area contributed by atoms with E-state index in [-0.39, 0.29) is 11.5 Å². The van der Waals surface area contributed by atoms with Crippen LogP contribution in [0.1, 0.15) is 12.5 Å². The Labute approximate surface area is 198 Å². The van der Waals surface area contributed by atoms with Gasteiger partial charge in [-0.05, 0) is 47.9 Å². The van der Waals surface area contributed by atoms with E-state index in [2.05, 4.69) is 22.4 Å². The topological polar surface area (TPSA) is 73.2 Å². The molecule has 6 nitrogen and oxygen atoms in total. The van der Waals surface area contributed by atoms with Crippen molar-refractivity contribution >= 4 is 5.91 Å². The van der Waals surface area contributed by atoms with Gasteiger partial charge in [0.1, 0.15) is 5.75 Å². The van der Waals surface area contributed by atoms with Gasteiger partial charge >= 0.3 is 0 Å². The molecule has 4 aromatic rings. The van der Waals surface area contributed by atoms with Gasteiger partial charge in [0.2, 0.25) is 5.91 Å². The summed E-state index contributed by atoms with van der Waals surface area (Å²) in [6, 6.07) is 27.1. The molecule has 6 heteroatoms. The molecule has 0 fully saturated rings. The van der Waals surface area contributed by atoms with Crippen LogP contribution in [0.15, 0.2) is 96.1 Å². The van der Waals surface area contributed by atoms with Crippen LogP contribution < -0.4 is 15.6 Å². The molecule has 1 heterocycles. The number of benzene rings is 3. The summed E-state index contributed by atoms with van der Waals surface area (Å²) < 4.78 is 6.94. The van der Waals surface area contributed by atoms with Gasteiger partial charge in [-0.25, -0.2) is 4.98 Å². The molecule has 34 heavy (non-hydrogen) atoms. The number of nitrogens with zero attached hydrogens (tertiary/aromatic N) is 2. The Bertz CT molecular complexity index is 1280. The number of hydrogen-bond acceptors (Lipinski definition) is 4. The number of rotatable bonds is 9. The Morgan fingerprint density at radius 3 is 2.26 bits per heavy atom. The lowest BCUT2D eigenvalue weighted by atomic mass is 10.0. The Hall–Kier alpha value is -4.19. The standard InChI is InChI=1S/C28H27N3O3/c1-2-34-25-14-12-24(13-15-25)26-19-28(33)31(20-30-26)17-16-29-27(32)18-21-8-10-23(11-9-21)22-6-4-3-5-7-22/h3-15,19-20H,2,16-18H2,1H3,(H,29,32). The monoisotopic (exact) mass is 453 g/mol. The minimum atomic E-state index is -0.162. The van der Waals surface area contributed by atoms with Gasteiger partial charge in [-0.2, -0.15) is 0 Å². The third kappa shape index (κ3) is 5.98. The molecule has 0 atom stereocenters. The molecule has 0 saturated carbocycles. The van der Waals surface area contributed by atoms with Crippen molar-refractivity contribution in [1.82, 2.24) is 14.9 Å². The van der Waals surface area contributed by atoms with Gasteiger partial charge in [0, 0.05) is 24.7 Å². The van der Waals surface area contributed by atoms with E-state index in [9.17, 15) is 9.59 Å². The van der Waals surface area contributed by atoms with E-state index >= 15 is 0 Å². The number of amides is 1. The van der Waals surface area contributed by atoms with Crippen molar-refractivity contribution in [3.63, 3.8) is 0 Å². The van der Waals surface area contributed by atoms with Gasteiger partial charge < -0.3 is 10.1 Å². The van der Waals surface area contributed by atoms with Crippen molar-refractivity contribution in [3.8, 4) is 28.1 Å². The maximum atomic E-state index is 12.5. The highest BCUT2D eigenvalue weighted by molar-refractivity contribution is 5.78. The minimum absolute atomic E-state index is 0.0838. The largest absolute Gasteiger partial charge is 0.494 e. The van der Waals surface area contributed by atoms with E-state index < -0.39 is 0 Å². The smallest absolute Gasteiger partial charge is 0.253 e. The zero-order valence-electron chi connectivity index (χ0n) is 19.1. The Morgan fingerprint density at radius 2 is 1.59 bits per heavy atom. The maximum absolute atomic E-state index is 12.5. The van der Waals surface area contributed by atoms with Crippen molar-refractivity contribution in [3.05, 3.63) is 107 Å². The van der Waals surface area contributed by atoms with Crippen LogP contribution >= 0.6 is 0 Å². The predicted molar refractivity (Wildman–Crippen MR) is 134 cm³/mol. The first-order valence-electron chi connectivity index (χ1n) is 11.3. The zero-order chi connectivity index (χ0) is 23.8. The van der Waals surface area contributed by atoms with Crippen LogP contribution in [-0.4, -0.2) is 28.6 Å². The summed E-state index contributed by atoms with van der Waals surface area (Å²) in [5, 5.41) is 2.88. The third-order valence-electron chi connectivity index (χ3n) is 5.44. The fourth-order valence-corrected chi connectivity index (χ4v) is 3.65. The summed E-state index contributed by atoms with van der Waals surface area (Å²) in [5.41, 5.74) is 4.49. The lowest BCUT2D eigenvalue weighted by Gasteiger charge is -2.09. The number of hydrogen-bond donors (Lipinski definition) is 1. The molecule has 0 aliphatic carbocycles. The number of aromatic nitrogens is 2. The Balaban J connectivity index is 1.28. The number of carbonyl (C=O) groups excluding carboxylic acids is 1. The highest BCUT2D eigenvalue weighted by Crippen LogP contribution is 2.20. The number of carbonyl (C=O) groups is 1. The van der Waals surface area contributed by atoms with E-state index in [1.54, 1.807) is 0 Å². The Kier molecular flexibility index (Phi) is 7.50. The molecule has 0 unspecified atom stereocenters. The highest BCUT2D eigenvalue weighted by Gasteiger charge is 2.06. The van der Waals surface area contributed by atoms with Crippen LogP contribution in [-0.2, 0) is 17.8 Å². The molecule has 3 aromatic carbocycles. The molecule has 0 spiro atoms. The van der Waals surface area contributed by atoms with Crippen molar-refractivity contribution in [2.75, 3.05) is 13.2 Å². The second kappa shape index (κ2) is 11.1. The van der Waals surface area contributed by atoms with Crippen LogP contribution in [0, 0.1) is 0 Å². The fraction of sp³-hybridized carbons (Fsp3) is 0.179. The van der Waals surface area contributed by atoms with Crippen LogP contribution in [0.25, 0.3) is 22.4 Å². The van der Waals surface area contributed by atoms with Gasteiger partial charge in [-0.1, -0.05) is 54.6 Å². The fourth-order valence-electron chi connectivity index (χ4n) is 3.65. The molecular weight excluding hydrogens is 426 g/mol. The first kappa shape index (κ1) is 23.0. The summed E-state index contributed by atoms with van der Waals surface area (Å²) in [7, 11) is 0. The first-order chi connectivity index (χ1) is 16.6. The van der Waals surface area contributed by atoms with Crippen LogP contribution in [0.5, 0.6) is 5.75 Å². The summed E-state index contributed by atoms with van der Waals surface area (Å²) >= 11 is 0. The van der Waals surface area contributed by atoms with Crippen LogP contribution in [0.4, 0.5) is 0 Å². The normalized spacial score (nSPS) is 10.6. The lowest BCUT2D eigenvalue weighted by molar-refractivity contribution is -0.120. The molecule has 0 aliphatic heterocycles. The van der Waals surface area contributed by atoms with E-state index in [1.165, 1.54) is 17.0 Å². The Morgan fingerprint density at radius 1 is 0.912 bits per heavy atom. The summed E-state index contributed by atoms with van der Waals surface area (Å²) in [4.78, 5) is 29.2. The summed E-state index contributed by atoms with van der Waals surface area (Å²) in [5.74, 6) is 0.696. The van der Waals surface area contributed by atoms with Gasteiger partial charge in [0.15, 0.2) is 0 Å². The van der Waals surface area contributed by atoms with Gasteiger partial charge in [0.25, 0.3) is 5.56 Å². The number of nitrogens with one attached hydrogen (secondary N) is 1. The molecule has 0 radical (unpaired) electrons. The lowest BCUT2D eigenvalue weighted by Crippen LogP contribution is -2.31. The van der Waals surface area contributed by atoms with E-state index in [0.29, 0.717) is 31.8 Å². The van der Waals surface area contributed by atoms with Crippen molar-refractivity contribution in [2.24, 2.45) is 0 Å². The van der Waals surface area contributed by atoms with Crippen molar-refractivity contribution in [1.29, 1.82) is 0 Å². The molecule has 0 aliphatic rings. The van der Waals surface area contributed by atoms with Gasteiger partial charge in [0.05, 0.1) is 25.0 Å². The molecular formula is C28H27N3O3. The molecule has 1 aromatic heterocycles. The van der Waals surface area contributed by atoms with Crippen molar-refractivity contribution < 1.29 is 9.53 Å². The SMILES string of the molecule is CCOc1ccc(-c2cc(=O)n(CCNC(=O)Cc3ccc(-c4ccccc4)cc3)cn2)cc1. The molecule has 1 amide bonds. The quantitative estimate of drug-likeness (QED) is 0.409. The molecule has 4 rings (SSSR count). The minimum Gasteiger partial charge on any atom is -0.494 e. The van der Waals surface area contributed by atoms with E-state index in [1.807, 2.05) is 73.7 Å². The van der Waals surface area contributed by atoms with E-state index in [0.717, 1.165) is 28.0 Å². The van der Waals surface area contributed by atoms with Crippen LogP contribution in [0.2, 0.25) is 0 Å². The van der Waals surface area contributed by atoms with Gasteiger partial charge in [-0.15, -0.1) is 0 Å². The molecule has 172 valence electrons. The maximum Gasteiger partial charge on any atom is 0.253 e. The second-order valence-corrected chi connectivity index (χ2v) is 7.85. The average Bonchev–Trinajstić information content (AvgIpc) is 2.87. The summed E-state index contributed by atoms with van der Waals surface area (Å²) in [6.45, 7) is 3.24. The molecule has 1 N–H and O–H groups in total. The predicted octanol–water partition coefficient (Wildman–Crippen LogP) is 4.33. The third-order valence-corrected chi connectivity index (χ3v) is 5.44. The molecule has 0 bridgehead atoms. The van der Waals surface area contributed by atoms with E-state index in [4.69, 9.17) is 4.74 Å². The first-order valence-corrected chi connectivity index (χ1v) is 11.3. The molecule has 0 saturated heterocycles. The van der Waals surface area contributed by atoms with Crippen LogP contribution in [0.3, 0.4) is 0 Å². The average molecular weight is 454 g/mol. The zero-order valence-corrected chi connectivity index (χ0v) is 19.1. The summed E-state index contributed by atoms with van der Waals surface area (Å²) in [6.07, 6.45) is 1.81. The highest BCUT2D eigenvalue weighted by atomic mass is 16.5. The van der Waals surface area contributed by atoms with Gasteiger partial charge in [-0.3, -0.25) is 14.2 Å². The van der Waals surface area contributed by atoms with Crippen molar-refractivity contribution in [2.45, 2.75) is 19.9 Å². The second-order valence-electron chi connectivity index (χ2n) is 7.85.